The third-order valence-electron chi connectivity index (χ3n) is 3.32. The van der Waals surface area contributed by atoms with E-state index < -0.39 is 24.1 Å². The van der Waals surface area contributed by atoms with Crippen molar-refractivity contribution in [3.05, 3.63) is 0 Å². The lowest BCUT2D eigenvalue weighted by molar-refractivity contribution is -0.139. The molecule has 7 nitrogen and oxygen atoms in total. The highest BCUT2D eigenvalue weighted by Gasteiger charge is 2.25. The van der Waals surface area contributed by atoms with Crippen molar-refractivity contribution in [1.82, 2.24) is 10.6 Å². The number of amides is 2. The molecule has 3 atom stereocenters. The Balaban J connectivity index is 2.46. The highest BCUT2D eigenvalue weighted by atomic mass is 16.4. The van der Waals surface area contributed by atoms with Crippen LogP contribution in [0.5, 0.6) is 0 Å². The van der Waals surface area contributed by atoms with Gasteiger partial charge >= 0.3 is 12.0 Å². The van der Waals surface area contributed by atoms with Gasteiger partial charge in [-0.15, -0.1) is 0 Å². The molecule has 0 saturated heterocycles. The summed E-state index contributed by atoms with van der Waals surface area (Å²) >= 11 is 0. The summed E-state index contributed by atoms with van der Waals surface area (Å²) in [5, 5.41) is 32.3. The van der Waals surface area contributed by atoms with E-state index in [0.717, 1.165) is 19.3 Å². The molecule has 7 heteroatoms. The first-order chi connectivity index (χ1) is 9.04. The molecular weight excluding hydrogens is 252 g/mol. The van der Waals surface area contributed by atoms with E-state index in [4.69, 9.17) is 10.2 Å². The smallest absolute Gasteiger partial charge is 0.326 e. The summed E-state index contributed by atoms with van der Waals surface area (Å²) in [5.74, 6) is -1.19. The molecule has 0 bridgehead atoms. The Labute approximate surface area is 112 Å². The van der Waals surface area contributed by atoms with Gasteiger partial charge in [-0.2, -0.15) is 0 Å². The van der Waals surface area contributed by atoms with Crippen LogP contribution in [-0.2, 0) is 4.79 Å². The molecule has 0 aromatic rings. The van der Waals surface area contributed by atoms with Gasteiger partial charge in [0.15, 0.2) is 0 Å². The minimum absolute atomic E-state index is 0.0457. The molecule has 0 spiro atoms. The van der Waals surface area contributed by atoms with Crippen LogP contribution in [0.4, 0.5) is 4.79 Å². The van der Waals surface area contributed by atoms with Gasteiger partial charge < -0.3 is 26.0 Å². The highest BCUT2D eigenvalue weighted by Crippen LogP contribution is 2.17. The lowest BCUT2D eigenvalue weighted by Crippen LogP contribution is -2.52. The summed E-state index contributed by atoms with van der Waals surface area (Å²) in [4.78, 5) is 22.5. The molecule has 3 unspecified atom stereocenters. The van der Waals surface area contributed by atoms with Gasteiger partial charge in [0, 0.05) is 13.0 Å². The van der Waals surface area contributed by atoms with Crippen molar-refractivity contribution < 1.29 is 24.9 Å². The minimum Gasteiger partial charge on any atom is -0.480 e. The Morgan fingerprint density at radius 3 is 2.53 bits per heavy atom. The molecule has 1 fully saturated rings. The number of nitrogens with one attached hydrogen (secondary N) is 2. The van der Waals surface area contributed by atoms with E-state index in [1.165, 1.54) is 0 Å². The molecule has 1 saturated carbocycles. The molecule has 2 amide bonds. The zero-order chi connectivity index (χ0) is 14.3. The number of carbonyl (C=O) groups is 2. The molecule has 0 aliphatic heterocycles. The van der Waals surface area contributed by atoms with Crippen LogP contribution in [-0.4, -0.2) is 52.1 Å². The summed E-state index contributed by atoms with van der Waals surface area (Å²) in [5.41, 5.74) is 0. The van der Waals surface area contributed by atoms with Crippen molar-refractivity contribution in [1.29, 1.82) is 0 Å². The number of rotatable bonds is 5. The molecule has 0 aromatic carbocycles. The van der Waals surface area contributed by atoms with Gasteiger partial charge in [0.25, 0.3) is 0 Å². The number of aliphatic carboxylic acids is 1. The molecule has 1 aliphatic carbocycles. The Kier molecular flexibility index (Phi) is 6.58. The Hall–Kier alpha value is -1.34. The summed E-state index contributed by atoms with van der Waals surface area (Å²) in [6, 6.07) is -2.08. The van der Waals surface area contributed by atoms with E-state index in [0.29, 0.717) is 12.8 Å². The molecule has 5 N–H and O–H groups in total. The van der Waals surface area contributed by atoms with Gasteiger partial charge in [0.05, 0.1) is 12.1 Å². The van der Waals surface area contributed by atoms with Crippen LogP contribution in [0.1, 0.15) is 38.5 Å². The second-order valence-corrected chi connectivity index (χ2v) is 4.83. The average molecular weight is 274 g/mol. The monoisotopic (exact) mass is 274 g/mol. The Morgan fingerprint density at radius 2 is 1.89 bits per heavy atom. The molecule has 0 aromatic heterocycles. The molecular formula is C12H22N2O5. The lowest BCUT2D eigenvalue weighted by Gasteiger charge is -2.23. The summed E-state index contributed by atoms with van der Waals surface area (Å²) < 4.78 is 0. The van der Waals surface area contributed by atoms with Crippen LogP contribution in [0.15, 0.2) is 0 Å². The fourth-order valence-corrected chi connectivity index (χ4v) is 2.21. The maximum absolute atomic E-state index is 11.7. The standard InChI is InChI=1S/C12H22N2O5/c15-7-6-9(11(17)18)14-12(19)13-8-4-2-1-3-5-10(8)16/h8-10,15-16H,1-7H2,(H,17,18)(H2,13,14,19). The number of carbonyl (C=O) groups excluding carboxylic acids is 1. The maximum atomic E-state index is 11.7. The van der Waals surface area contributed by atoms with E-state index in [9.17, 15) is 14.7 Å². The van der Waals surface area contributed by atoms with Crippen LogP contribution in [0.2, 0.25) is 0 Å². The molecule has 19 heavy (non-hydrogen) atoms. The van der Waals surface area contributed by atoms with Gasteiger partial charge in [-0.05, 0) is 12.8 Å². The zero-order valence-electron chi connectivity index (χ0n) is 10.8. The largest absolute Gasteiger partial charge is 0.480 e. The number of urea groups is 1. The summed E-state index contributed by atoms with van der Waals surface area (Å²) in [6.45, 7) is -0.316. The van der Waals surface area contributed by atoms with Crippen LogP contribution >= 0.6 is 0 Å². The van der Waals surface area contributed by atoms with Gasteiger partial charge in [-0.3, -0.25) is 0 Å². The van der Waals surface area contributed by atoms with Crippen LogP contribution in [0, 0.1) is 0 Å². The molecule has 110 valence electrons. The van der Waals surface area contributed by atoms with Crippen molar-refractivity contribution in [2.75, 3.05) is 6.61 Å². The summed E-state index contributed by atoms with van der Waals surface area (Å²) in [7, 11) is 0. The topological polar surface area (TPSA) is 119 Å². The van der Waals surface area contributed by atoms with Crippen molar-refractivity contribution in [3.63, 3.8) is 0 Å². The maximum Gasteiger partial charge on any atom is 0.326 e. The minimum atomic E-state index is -1.19. The molecule has 0 radical (unpaired) electrons. The van der Waals surface area contributed by atoms with E-state index in [2.05, 4.69) is 10.6 Å². The quantitative estimate of drug-likeness (QED) is 0.445. The summed E-state index contributed by atoms with van der Waals surface area (Å²) in [6.07, 6.45) is 3.59. The van der Waals surface area contributed by atoms with Crippen LogP contribution in [0.3, 0.4) is 0 Å². The van der Waals surface area contributed by atoms with Crippen LogP contribution < -0.4 is 10.6 Å². The predicted octanol–water partition coefficient (Wildman–Crippen LogP) is -0.185. The predicted molar refractivity (Wildman–Crippen MR) is 67.7 cm³/mol. The fraction of sp³-hybridized carbons (Fsp3) is 0.833. The SMILES string of the molecule is O=C(NC(CCO)C(=O)O)NC1CCCCCC1O. The van der Waals surface area contributed by atoms with Gasteiger partial charge in [-0.25, -0.2) is 9.59 Å². The number of hydrogen-bond acceptors (Lipinski definition) is 4. The number of carboxylic acids is 1. The first kappa shape index (κ1) is 15.7. The molecule has 0 heterocycles. The molecule has 1 aliphatic rings. The second kappa shape index (κ2) is 7.96. The lowest BCUT2D eigenvalue weighted by atomic mass is 10.1. The van der Waals surface area contributed by atoms with E-state index >= 15 is 0 Å². The second-order valence-electron chi connectivity index (χ2n) is 4.83. The third-order valence-corrected chi connectivity index (χ3v) is 3.32. The number of carboxylic acid groups (broad SMARTS) is 1. The van der Waals surface area contributed by atoms with Crippen LogP contribution in [0.25, 0.3) is 0 Å². The first-order valence-corrected chi connectivity index (χ1v) is 6.63. The Morgan fingerprint density at radius 1 is 1.21 bits per heavy atom. The highest BCUT2D eigenvalue weighted by molar-refractivity contribution is 5.82. The van der Waals surface area contributed by atoms with Crippen molar-refractivity contribution >= 4 is 12.0 Å². The van der Waals surface area contributed by atoms with Crippen molar-refractivity contribution in [3.8, 4) is 0 Å². The van der Waals surface area contributed by atoms with Crippen molar-refractivity contribution in [2.45, 2.75) is 56.7 Å². The number of aliphatic hydroxyl groups is 2. The van der Waals surface area contributed by atoms with Gasteiger partial charge in [-0.1, -0.05) is 19.3 Å². The van der Waals surface area contributed by atoms with Gasteiger partial charge in [0.1, 0.15) is 6.04 Å². The Bertz CT molecular complexity index is 310. The molecule has 1 rings (SSSR count). The first-order valence-electron chi connectivity index (χ1n) is 6.63. The number of aliphatic hydroxyl groups excluding tert-OH is 2. The number of hydrogen-bond donors (Lipinski definition) is 5. The average Bonchev–Trinajstić information content (AvgIpc) is 2.54. The zero-order valence-corrected chi connectivity index (χ0v) is 10.8. The van der Waals surface area contributed by atoms with Gasteiger partial charge in [0.2, 0.25) is 0 Å². The van der Waals surface area contributed by atoms with Crippen molar-refractivity contribution in [2.24, 2.45) is 0 Å². The van der Waals surface area contributed by atoms with E-state index in [-0.39, 0.29) is 19.1 Å². The fourth-order valence-electron chi connectivity index (χ4n) is 2.21. The van der Waals surface area contributed by atoms with E-state index in [1.807, 2.05) is 0 Å². The third kappa shape index (κ3) is 5.44. The normalized spacial score (nSPS) is 25.2. The van der Waals surface area contributed by atoms with E-state index in [1.54, 1.807) is 0 Å².